The fraction of sp³-hybridized carbons (Fsp3) is 0.0769. The Hall–Kier alpha value is -2.74. The SMILES string of the molecule is Cn1cc(-c2ccc3ncc(-c4n[nH]c(=S)o4)n3c2)cn1. The van der Waals surface area contributed by atoms with E-state index in [9.17, 15) is 0 Å². The predicted molar refractivity (Wildman–Crippen MR) is 78.1 cm³/mol. The van der Waals surface area contributed by atoms with E-state index in [1.54, 1.807) is 10.9 Å². The Morgan fingerprint density at radius 1 is 1.19 bits per heavy atom. The molecule has 0 atom stereocenters. The average Bonchev–Trinajstić information content (AvgIpc) is 3.17. The summed E-state index contributed by atoms with van der Waals surface area (Å²) in [5.74, 6) is 0.413. The molecule has 21 heavy (non-hydrogen) atoms. The molecule has 0 spiro atoms. The summed E-state index contributed by atoms with van der Waals surface area (Å²) in [6, 6.07) is 3.94. The van der Waals surface area contributed by atoms with Crippen molar-refractivity contribution in [3.05, 3.63) is 41.8 Å². The smallest absolute Gasteiger partial charge is 0.284 e. The van der Waals surface area contributed by atoms with Crippen molar-refractivity contribution in [1.29, 1.82) is 0 Å². The van der Waals surface area contributed by atoms with Gasteiger partial charge in [-0.3, -0.25) is 9.08 Å². The Bertz CT molecular complexity index is 991. The predicted octanol–water partition coefficient (Wildman–Crippen LogP) is 2.45. The van der Waals surface area contributed by atoms with Crippen molar-refractivity contribution in [1.82, 2.24) is 29.4 Å². The second kappa shape index (κ2) is 4.38. The maximum absolute atomic E-state index is 5.36. The van der Waals surface area contributed by atoms with Gasteiger partial charge in [-0.2, -0.15) is 5.10 Å². The van der Waals surface area contributed by atoms with Gasteiger partial charge in [0.15, 0.2) is 0 Å². The topological polar surface area (TPSA) is 76.9 Å². The number of rotatable bonds is 2. The van der Waals surface area contributed by atoms with Crippen LogP contribution in [0.5, 0.6) is 0 Å². The molecule has 104 valence electrons. The van der Waals surface area contributed by atoms with Crippen LogP contribution >= 0.6 is 12.2 Å². The molecule has 0 unspecified atom stereocenters. The molecule has 7 nitrogen and oxygen atoms in total. The standard InChI is InChI=1S/C13H10N6OS/c1-18-6-9(4-15-18)8-2-3-11-14-5-10(19(11)7-8)12-16-17-13(21)20-12/h2-7H,1H3,(H,17,21). The summed E-state index contributed by atoms with van der Waals surface area (Å²) in [6.07, 6.45) is 7.45. The Morgan fingerprint density at radius 2 is 2.10 bits per heavy atom. The highest BCUT2D eigenvalue weighted by Gasteiger charge is 2.12. The van der Waals surface area contributed by atoms with Crippen LogP contribution in [0.3, 0.4) is 0 Å². The first-order valence-corrected chi connectivity index (χ1v) is 6.63. The fourth-order valence-electron chi connectivity index (χ4n) is 2.22. The number of hydrogen-bond acceptors (Lipinski definition) is 5. The number of pyridine rings is 1. The molecule has 0 saturated heterocycles. The number of nitrogens with zero attached hydrogens (tertiary/aromatic N) is 5. The molecule has 4 rings (SSSR count). The molecule has 0 aromatic carbocycles. The minimum atomic E-state index is 0.239. The first-order chi connectivity index (χ1) is 10.2. The third kappa shape index (κ3) is 1.96. The van der Waals surface area contributed by atoms with Crippen LogP contribution in [0.1, 0.15) is 0 Å². The number of hydrogen-bond donors (Lipinski definition) is 1. The van der Waals surface area contributed by atoms with Crippen LogP contribution in [0.2, 0.25) is 0 Å². The zero-order valence-electron chi connectivity index (χ0n) is 11.0. The van der Waals surface area contributed by atoms with Gasteiger partial charge < -0.3 is 4.42 Å². The normalized spacial score (nSPS) is 11.3. The summed E-state index contributed by atoms with van der Waals surface area (Å²) in [6.45, 7) is 0. The molecule has 0 radical (unpaired) electrons. The Labute approximate surface area is 123 Å². The van der Waals surface area contributed by atoms with E-state index in [2.05, 4.69) is 20.3 Å². The van der Waals surface area contributed by atoms with Crippen molar-refractivity contribution >= 4 is 17.9 Å². The maximum Gasteiger partial charge on any atom is 0.284 e. The quantitative estimate of drug-likeness (QED) is 0.575. The summed E-state index contributed by atoms with van der Waals surface area (Å²) in [7, 11) is 1.89. The van der Waals surface area contributed by atoms with E-state index in [-0.39, 0.29) is 4.84 Å². The molecular weight excluding hydrogens is 288 g/mol. The van der Waals surface area contributed by atoms with E-state index in [0.29, 0.717) is 5.89 Å². The second-order valence-electron chi connectivity index (χ2n) is 4.61. The highest BCUT2D eigenvalue weighted by molar-refractivity contribution is 7.71. The summed E-state index contributed by atoms with van der Waals surface area (Å²) in [4.78, 5) is 4.58. The van der Waals surface area contributed by atoms with Crippen LogP contribution in [-0.2, 0) is 7.05 Å². The summed E-state index contributed by atoms with van der Waals surface area (Å²) in [5, 5.41) is 10.8. The van der Waals surface area contributed by atoms with E-state index in [1.165, 1.54) is 0 Å². The van der Waals surface area contributed by atoms with Crippen molar-refractivity contribution < 1.29 is 4.42 Å². The van der Waals surface area contributed by atoms with Crippen molar-refractivity contribution in [2.75, 3.05) is 0 Å². The first-order valence-electron chi connectivity index (χ1n) is 6.23. The van der Waals surface area contributed by atoms with E-state index in [0.717, 1.165) is 22.5 Å². The Morgan fingerprint density at radius 3 is 2.81 bits per heavy atom. The van der Waals surface area contributed by atoms with E-state index < -0.39 is 0 Å². The van der Waals surface area contributed by atoms with Crippen LogP contribution < -0.4 is 0 Å². The molecule has 8 heteroatoms. The number of fused-ring (bicyclic) bond motifs is 1. The average molecular weight is 298 g/mol. The summed E-state index contributed by atoms with van der Waals surface area (Å²) >= 11 is 4.91. The number of aromatic amines is 1. The van der Waals surface area contributed by atoms with Crippen LogP contribution in [0, 0.1) is 4.84 Å². The van der Waals surface area contributed by atoms with E-state index in [4.69, 9.17) is 16.6 Å². The van der Waals surface area contributed by atoms with Crippen LogP contribution in [0.15, 0.2) is 41.3 Å². The largest absolute Gasteiger partial charge is 0.408 e. The van der Waals surface area contributed by atoms with Gasteiger partial charge in [0.05, 0.1) is 12.4 Å². The van der Waals surface area contributed by atoms with Gasteiger partial charge in [-0.25, -0.2) is 10.1 Å². The molecule has 0 saturated carbocycles. The second-order valence-corrected chi connectivity index (χ2v) is 4.98. The molecular formula is C13H10N6OS. The fourth-order valence-corrected chi connectivity index (χ4v) is 2.34. The van der Waals surface area contributed by atoms with Crippen molar-refractivity contribution in [3.8, 4) is 22.7 Å². The molecule has 0 aliphatic carbocycles. The third-order valence-electron chi connectivity index (χ3n) is 3.20. The molecule has 4 heterocycles. The van der Waals surface area contributed by atoms with Crippen LogP contribution in [-0.4, -0.2) is 29.4 Å². The molecule has 0 bridgehead atoms. The van der Waals surface area contributed by atoms with Crippen molar-refractivity contribution in [2.45, 2.75) is 0 Å². The number of aryl methyl sites for hydroxylation is 1. The lowest BCUT2D eigenvalue weighted by Crippen LogP contribution is -1.90. The summed E-state index contributed by atoms with van der Waals surface area (Å²) in [5.41, 5.74) is 3.61. The maximum atomic E-state index is 5.36. The van der Waals surface area contributed by atoms with E-state index >= 15 is 0 Å². The highest BCUT2D eigenvalue weighted by Crippen LogP contribution is 2.23. The molecule has 4 aromatic heterocycles. The summed E-state index contributed by atoms with van der Waals surface area (Å²) < 4.78 is 9.03. The number of nitrogens with one attached hydrogen (secondary N) is 1. The van der Waals surface area contributed by atoms with Gasteiger partial charge in [0.2, 0.25) is 0 Å². The minimum absolute atomic E-state index is 0.239. The van der Waals surface area contributed by atoms with Gasteiger partial charge in [0, 0.05) is 30.6 Å². The first kappa shape index (κ1) is 12.0. The number of aromatic nitrogens is 6. The van der Waals surface area contributed by atoms with Crippen molar-refractivity contribution in [2.24, 2.45) is 7.05 Å². The monoisotopic (exact) mass is 298 g/mol. The van der Waals surface area contributed by atoms with Crippen molar-refractivity contribution in [3.63, 3.8) is 0 Å². The number of H-pyrrole nitrogens is 1. The highest BCUT2D eigenvalue weighted by atomic mass is 32.1. The molecule has 1 N–H and O–H groups in total. The third-order valence-corrected chi connectivity index (χ3v) is 3.38. The molecule has 0 aliphatic heterocycles. The van der Waals surface area contributed by atoms with Gasteiger partial charge in [-0.15, -0.1) is 5.10 Å². The lowest BCUT2D eigenvalue weighted by Gasteiger charge is -2.01. The van der Waals surface area contributed by atoms with Gasteiger partial charge in [0.25, 0.3) is 10.7 Å². The lowest BCUT2D eigenvalue weighted by atomic mass is 10.2. The van der Waals surface area contributed by atoms with E-state index in [1.807, 2.05) is 42.2 Å². The molecule has 0 aliphatic rings. The van der Waals surface area contributed by atoms with Gasteiger partial charge in [-0.1, -0.05) is 0 Å². The molecule has 0 amide bonds. The van der Waals surface area contributed by atoms with Crippen LogP contribution in [0.25, 0.3) is 28.4 Å². The van der Waals surface area contributed by atoms with Gasteiger partial charge >= 0.3 is 0 Å². The number of imidazole rings is 1. The minimum Gasteiger partial charge on any atom is -0.408 e. The Balaban J connectivity index is 1.92. The zero-order chi connectivity index (χ0) is 14.4. The van der Waals surface area contributed by atoms with Crippen LogP contribution in [0.4, 0.5) is 0 Å². The zero-order valence-corrected chi connectivity index (χ0v) is 11.8. The molecule has 0 fully saturated rings. The molecule has 4 aromatic rings. The Kier molecular flexibility index (Phi) is 2.51. The lowest BCUT2D eigenvalue weighted by molar-refractivity contribution is 0.549. The van der Waals surface area contributed by atoms with Gasteiger partial charge in [-0.05, 0) is 24.4 Å². The van der Waals surface area contributed by atoms with Gasteiger partial charge in [0.1, 0.15) is 11.3 Å².